The van der Waals surface area contributed by atoms with Crippen LogP contribution in [0, 0.1) is 0 Å². The number of nitrogens with one attached hydrogen (secondary N) is 2. The van der Waals surface area contributed by atoms with Gasteiger partial charge in [-0.15, -0.1) is 0 Å². The third kappa shape index (κ3) is 2.68. The third-order valence-corrected chi connectivity index (χ3v) is 3.79. The molecule has 0 aliphatic rings. The van der Waals surface area contributed by atoms with Crippen LogP contribution in [0.3, 0.4) is 0 Å². The first-order chi connectivity index (χ1) is 11.3. The van der Waals surface area contributed by atoms with E-state index < -0.39 is 0 Å². The molecule has 5 nitrogen and oxygen atoms in total. The number of H-pyrrole nitrogens is 1. The number of rotatable bonds is 4. The van der Waals surface area contributed by atoms with Crippen LogP contribution in [0.2, 0.25) is 0 Å². The highest BCUT2D eigenvalue weighted by Crippen LogP contribution is 2.22. The fourth-order valence-electron chi connectivity index (χ4n) is 2.72. The Morgan fingerprint density at radius 1 is 1.04 bits per heavy atom. The van der Waals surface area contributed by atoms with Gasteiger partial charge in [-0.3, -0.25) is 4.68 Å². The molecule has 0 amide bonds. The normalized spacial score (nSPS) is 11.0. The SMILES string of the molecule is Cn1cc(CNc2nc3ccccc3[nH]2)c(-c2ccccc2)n1. The first-order valence-corrected chi connectivity index (χ1v) is 7.56. The largest absolute Gasteiger partial charge is 0.352 e. The van der Waals surface area contributed by atoms with Crippen molar-refractivity contribution >= 4 is 17.0 Å². The van der Waals surface area contributed by atoms with Crippen LogP contribution in [0.1, 0.15) is 5.56 Å². The lowest BCUT2D eigenvalue weighted by molar-refractivity contribution is 0.770. The molecule has 2 heterocycles. The van der Waals surface area contributed by atoms with Gasteiger partial charge in [-0.1, -0.05) is 42.5 Å². The molecule has 0 saturated carbocycles. The van der Waals surface area contributed by atoms with Crippen molar-refractivity contribution in [2.75, 3.05) is 5.32 Å². The summed E-state index contributed by atoms with van der Waals surface area (Å²) in [4.78, 5) is 7.83. The second-order valence-electron chi connectivity index (χ2n) is 5.50. The lowest BCUT2D eigenvalue weighted by atomic mass is 10.1. The Balaban J connectivity index is 1.59. The van der Waals surface area contributed by atoms with Crippen molar-refractivity contribution in [2.24, 2.45) is 7.05 Å². The second-order valence-corrected chi connectivity index (χ2v) is 5.50. The third-order valence-electron chi connectivity index (χ3n) is 3.79. The minimum Gasteiger partial charge on any atom is -0.352 e. The van der Waals surface area contributed by atoms with Gasteiger partial charge in [-0.25, -0.2) is 4.98 Å². The van der Waals surface area contributed by atoms with Crippen LogP contribution in [0.15, 0.2) is 60.8 Å². The summed E-state index contributed by atoms with van der Waals surface area (Å²) in [6.07, 6.45) is 2.04. The van der Waals surface area contributed by atoms with Crippen LogP contribution in [0.25, 0.3) is 22.3 Å². The van der Waals surface area contributed by atoms with Crippen molar-refractivity contribution in [3.63, 3.8) is 0 Å². The predicted octanol–water partition coefficient (Wildman–Crippen LogP) is 3.58. The van der Waals surface area contributed by atoms with Crippen LogP contribution in [-0.2, 0) is 13.6 Å². The molecule has 0 bridgehead atoms. The summed E-state index contributed by atoms with van der Waals surface area (Å²) >= 11 is 0. The number of benzene rings is 2. The van der Waals surface area contributed by atoms with Gasteiger partial charge in [-0.2, -0.15) is 5.10 Å². The molecular formula is C18H17N5. The van der Waals surface area contributed by atoms with Gasteiger partial charge >= 0.3 is 0 Å². The molecule has 0 aliphatic carbocycles. The number of imidazole rings is 1. The second kappa shape index (κ2) is 5.61. The van der Waals surface area contributed by atoms with Gasteiger partial charge in [0.1, 0.15) is 0 Å². The number of aromatic nitrogens is 4. The van der Waals surface area contributed by atoms with Crippen molar-refractivity contribution in [1.29, 1.82) is 0 Å². The maximum Gasteiger partial charge on any atom is 0.201 e. The average Bonchev–Trinajstić information content (AvgIpc) is 3.16. The quantitative estimate of drug-likeness (QED) is 0.606. The van der Waals surface area contributed by atoms with Crippen LogP contribution in [-0.4, -0.2) is 19.7 Å². The number of para-hydroxylation sites is 2. The van der Waals surface area contributed by atoms with E-state index in [9.17, 15) is 0 Å². The highest BCUT2D eigenvalue weighted by molar-refractivity contribution is 5.77. The molecular weight excluding hydrogens is 286 g/mol. The number of fused-ring (bicyclic) bond motifs is 1. The summed E-state index contributed by atoms with van der Waals surface area (Å²) in [7, 11) is 1.94. The fourth-order valence-corrected chi connectivity index (χ4v) is 2.72. The Morgan fingerprint density at radius 2 is 1.83 bits per heavy atom. The fraction of sp³-hybridized carbons (Fsp3) is 0.111. The van der Waals surface area contributed by atoms with Crippen LogP contribution < -0.4 is 5.32 Å². The van der Waals surface area contributed by atoms with Crippen LogP contribution in [0.5, 0.6) is 0 Å². The summed E-state index contributed by atoms with van der Waals surface area (Å²) in [5.74, 6) is 0.772. The van der Waals surface area contributed by atoms with E-state index in [-0.39, 0.29) is 0 Å². The maximum atomic E-state index is 4.58. The van der Waals surface area contributed by atoms with E-state index in [2.05, 4.69) is 32.5 Å². The molecule has 0 aliphatic heterocycles. The highest BCUT2D eigenvalue weighted by Gasteiger charge is 2.10. The molecule has 23 heavy (non-hydrogen) atoms. The van der Waals surface area contributed by atoms with Gasteiger partial charge < -0.3 is 10.3 Å². The summed E-state index contributed by atoms with van der Waals surface area (Å²) in [6, 6.07) is 18.2. The Hall–Kier alpha value is -3.08. The molecule has 0 unspecified atom stereocenters. The summed E-state index contributed by atoms with van der Waals surface area (Å²) in [5.41, 5.74) is 5.25. The van der Waals surface area contributed by atoms with E-state index in [1.54, 1.807) is 0 Å². The van der Waals surface area contributed by atoms with E-state index >= 15 is 0 Å². The zero-order valence-electron chi connectivity index (χ0n) is 12.8. The van der Waals surface area contributed by atoms with Gasteiger partial charge in [-0.05, 0) is 12.1 Å². The van der Waals surface area contributed by atoms with Crippen LogP contribution in [0.4, 0.5) is 5.95 Å². The highest BCUT2D eigenvalue weighted by atomic mass is 15.3. The number of aryl methyl sites for hydroxylation is 1. The smallest absolute Gasteiger partial charge is 0.201 e. The monoisotopic (exact) mass is 303 g/mol. The van der Waals surface area contributed by atoms with Crippen molar-refractivity contribution in [1.82, 2.24) is 19.7 Å². The Morgan fingerprint density at radius 3 is 2.65 bits per heavy atom. The number of hydrogen-bond acceptors (Lipinski definition) is 3. The molecule has 4 aromatic rings. The molecule has 0 spiro atoms. The molecule has 5 heteroatoms. The summed E-state index contributed by atoms with van der Waals surface area (Å²) in [6.45, 7) is 0.665. The Kier molecular flexibility index (Phi) is 3.31. The zero-order valence-corrected chi connectivity index (χ0v) is 12.8. The van der Waals surface area contributed by atoms with E-state index in [1.165, 1.54) is 0 Å². The van der Waals surface area contributed by atoms with Crippen molar-refractivity contribution in [3.8, 4) is 11.3 Å². The van der Waals surface area contributed by atoms with E-state index in [4.69, 9.17) is 0 Å². The number of hydrogen-bond donors (Lipinski definition) is 2. The van der Waals surface area contributed by atoms with Gasteiger partial charge in [0.2, 0.25) is 5.95 Å². The number of nitrogens with zero attached hydrogens (tertiary/aromatic N) is 3. The van der Waals surface area contributed by atoms with Gasteiger partial charge in [0.25, 0.3) is 0 Å². The molecule has 2 aromatic carbocycles. The first kappa shape index (κ1) is 13.6. The predicted molar refractivity (Wildman–Crippen MR) is 92.1 cm³/mol. The van der Waals surface area contributed by atoms with Crippen molar-refractivity contribution in [2.45, 2.75) is 6.54 Å². The van der Waals surface area contributed by atoms with E-state index in [1.807, 2.05) is 60.4 Å². The molecule has 4 rings (SSSR count). The number of aromatic amines is 1. The molecule has 114 valence electrons. The van der Waals surface area contributed by atoms with Gasteiger partial charge in [0, 0.05) is 30.9 Å². The molecule has 0 fully saturated rings. The standard InChI is InChI=1S/C18H17N5/c1-23-12-14(17(22-23)13-7-3-2-4-8-13)11-19-18-20-15-9-5-6-10-16(15)21-18/h2-10,12H,11H2,1H3,(H2,19,20,21). The molecule has 0 saturated heterocycles. The Bertz CT molecular complexity index is 903. The lowest BCUT2D eigenvalue weighted by Gasteiger charge is -2.03. The minimum absolute atomic E-state index is 0.665. The Labute approximate surface area is 134 Å². The van der Waals surface area contributed by atoms with E-state index in [0.29, 0.717) is 6.54 Å². The minimum atomic E-state index is 0.665. The molecule has 2 N–H and O–H groups in total. The first-order valence-electron chi connectivity index (χ1n) is 7.56. The zero-order chi connectivity index (χ0) is 15.6. The van der Waals surface area contributed by atoms with Crippen LogP contribution >= 0.6 is 0 Å². The van der Waals surface area contributed by atoms with Gasteiger partial charge in [0.15, 0.2) is 0 Å². The van der Waals surface area contributed by atoms with E-state index in [0.717, 1.165) is 33.8 Å². The molecule has 0 atom stereocenters. The number of anilines is 1. The van der Waals surface area contributed by atoms with Crippen molar-refractivity contribution in [3.05, 3.63) is 66.4 Å². The molecule has 0 radical (unpaired) electrons. The lowest BCUT2D eigenvalue weighted by Crippen LogP contribution is -2.01. The summed E-state index contributed by atoms with van der Waals surface area (Å²) < 4.78 is 1.85. The summed E-state index contributed by atoms with van der Waals surface area (Å²) in [5, 5.41) is 7.94. The maximum absolute atomic E-state index is 4.58. The van der Waals surface area contributed by atoms with Gasteiger partial charge in [0.05, 0.1) is 16.7 Å². The average molecular weight is 303 g/mol. The van der Waals surface area contributed by atoms with Crippen molar-refractivity contribution < 1.29 is 0 Å². The topological polar surface area (TPSA) is 58.5 Å². The molecule has 2 aromatic heterocycles.